The molecule has 4 aromatic heterocycles. The first kappa shape index (κ1) is 25.3. The molecule has 38 heavy (non-hydrogen) atoms. The monoisotopic (exact) mass is 513 g/mol. The topological polar surface area (TPSA) is 119 Å². The van der Waals surface area contributed by atoms with E-state index in [4.69, 9.17) is 0 Å². The third-order valence-electron chi connectivity index (χ3n) is 6.22. The van der Waals surface area contributed by atoms with Crippen LogP contribution in [0, 0.1) is 0 Å². The number of rotatable bonds is 9. The first-order valence-corrected chi connectivity index (χ1v) is 12.3. The van der Waals surface area contributed by atoms with Crippen molar-refractivity contribution in [3.05, 3.63) is 77.6 Å². The SMILES string of the molecule is C=CCn1c(=O)c2cnc(Nc3ccc4c(c3)ncn4CCN(C)C)nc2n1-c1cccc(C(C)(C)O)n1. The van der Waals surface area contributed by atoms with Crippen LogP contribution in [0.4, 0.5) is 11.6 Å². The molecule has 0 radical (unpaired) electrons. The van der Waals surface area contributed by atoms with E-state index >= 15 is 0 Å². The van der Waals surface area contributed by atoms with E-state index in [0.29, 0.717) is 28.5 Å². The maximum Gasteiger partial charge on any atom is 0.278 e. The van der Waals surface area contributed by atoms with Crippen molar-refractivity contribution in [3.8, 4) is 5.82 Å². The smallest absolute Gasteiger partial charge is 0.278 e. The molecule has 0 aliphatic heterocycles. The number of hydrogen-bond donors (Lipinski definition) is 2. The molecule has 2 N–H and O–H groups in total. The van der Waals surface area contributed by atoms with Gasteiger partial charge in [-0.25, -0.2) is 24.3 Å². The van der Waals surface area contributed by atoms with Gasteiger partial charge in [0.05, 0.1) is 29.6 Å². The number of nitrogens with one attached hydrogen (secondary N) is 1. The zero-order chi connectivity index (χ0) is 27.0. The summed E-state index contributed by atoms with van der Waals surface area (Å²) in [7, 11) is 4.09. The normalized spacial score (nSPS) is 12.1. The number of nitrogens with zero attached hydrogens (tertiary/aromatic N) is 8. The zero-order valence-electron chi connectivity index (χ0n) is 22.0. The Balaban J connectivity index is 1.55. The molecule has 0 saturated heterocycles. The van der Waals surface area contributed by atoms with Crippen molar-refractivity contribution < 1.29 is 5.11 Å². The summed E-state index contributed by atoms with van der Waals surface area (Å²) in [5, 5.41) is 14.1. The molecule has 0 aliphatic carbocycles. The zero-order valence-corrected chi connectivity index (χ0v) is 22.0. The molecular weight excluding hydrogens is 482 g/mol. The number of imidazole rings is 1. The fourth-order valence-electron chi connectivity index (χ4n) is 4.25. The number of fused-ring (bicyclic) bond motifs is 2. The molecule has 1 aromatic carbocycles. The first-order valence-electron chi connectivity index (χ1n) is 12.3. The van der Waals surface area contributed by atoms with Crippen molar-refractivity contribution >= 4 is 33.7 Å². The summed E-state index contributed by atoms with van der Waals surface area (Å²) in [6.45, 7) is 9.12. The highest BCUT2D eigenvalue weighted by atomic mass is 16.3. The number of pyridine rings is 1. The minimum Gasteiger partial charge on any atom is -0.384 e. The molecule has 11 heteroatoms. The fourth-order valence-corrected chi connectivity index (χ4v) is 4.25. The number of hydrogen-bond acceptors (Lipinski definition) is 8. The highest BCUT2D eigenvalue weighted by Crippen LogP contribution is 2.23. The number of aromatic nitrogens is 7. The molecule has 4 heterocycles. The van der Waals surface area contributed by atoms with E-state index in [1.165, 1.54) is 10.9 Å². The molecule has 0 fully saturated rings. The lowest BCUT2D eigenvalue weighted by Crippen LogP contribution is -2.23. The molecule has 0 aliphatic rings. The van der Waals surface area contributed by atoms with Crippen LogP contribution in [0.25, 0.3) is 27.9 Å². The van der Waals surface area contributed by atoms with Gasteiger partial charge < -0.3 is 19.9 Å². The number of benzene rings is 1. The Morgan fingerprint density at radius 2 is 1.97 bits per heavy atom. The van der Waals surface area contributed by atoms with Crippen LogP contribution in [-0.4, -0.2) is 64.5 Å². The molecule has 5 rings (SSSR count). The Kier molecular flexibility index (Phi) is 6.55. The largest absolute Gasteiger partial charge is 0.384 e. The molecule has 11 nitrogen and oxygen atoms in total. The van der Waals surface area contributed by atoms with E-state index < -0.39 is 5.60 Å². The minimum atomic E-state index is -1.15. The molecule has 0 saturated carbocycles. The van der Waals surface area contributed by atoms with Gasteiger partial charge in [-0.2, -0.15) is 4.98 Å². The van der Waals surface area contributed by atoms with Gasteiger partial charge >= 0.3 is 0 Å². The van der Waals surface area contributed by atoms with E-state index in [9.17, 15) is 9.90 Å². The van der Waals surface area contributed by atoms with Crippen LogP contribution >= 0.6 is 0 Å². The van der Waals surface area contributed by atoms with Crippen LogP contribution < -0.4 is 10.9 Å². The summed E-state index contributed by atoms with van der Waals surface area (Å²) in [6, 6.07) is 11.2. The standard InChI is InChI=1S/C27H31N9O2/c1-6-12-35-25(37)19-16-28-26(32-24(19)36(35)23-9-7-8-22(31-23)27(2,3)38)30-18-10-11-21-20(15-18)29-17-34(21)14-13-33(4)5/h6-11,15-17,38H,1,12-14H2,2-5H3,(H,28,30,32). The van der Waals surface area contributed by atoms with Gasteiger partial charge in [0.15, 0.2) is 11.5 Å². The third kappa shape index (κ3) is 4.81. The Hall–Kier alpha value is -4.35. The van der Waals surface area contributed by atoms with Gasteiger partial charge in [0.2, 0.25) is 5.95 Å². The second-order valence-corrected chi connectivity index (χ2v) is 9.93. The number of likely N-dealkylation sites (N-methyl/N-ethyl adjacent to an activating group) is 1. The van der Waals surface area contributed by atoms with Gasteiger partial charge in [-0.05, 0) is 58.3 Å². The minimum absolute atomic E-state index is 0.250. The predicted molar refractivity (Wildman–Crippen MR) is 148 cm³/mol. The second kappa shape index (κ2) is 9.84. The summed E-state index contributed by atoms with van der Waals surface area (Å²) in [6.07, 6.45) is 4.99. The predicted octanol–water partition coefficient (Wildman–Crippen LogP) is 3.05. The van der Waals surface area contributed by atoms with Crippen molar-refractivity contribution in [1.29, 1.82) is 0 Å². The van der Waals surface area contributed by atoms with Crippen LogP contribution in [0.1, 0.15) is 19.5 Å². The molecule has 0 amide bonds. The Bertz CT molecular complexity index is 1690. The maximum absolute atomic E-state index is 13.2. The molecule has 196 valence electrons. The lowest BCUT2D eigenvalue weighted by molar-refractivity contribution is 0.0738. The summed E-state index contributed by atoms with van der Waals surface area (Å²) >= 11 is 0. The summed E-state index contributed by atoms with van der Waals surface area (Å²) < 4.78 is 5.26. The van der Waals surface area contributed by atoms with Crippen LogP contribution in [0.5, 0.6) is 0 Å². The molecular formula is C27H31N9O2. The molecule has 0 unspecified atom stereocenters. The summed E-state index contributed by atoms with van der Waals surface area (Å²) in [4.78, 5) is 33.6. The van der Waals surface area contributed by atoms with E-state index in [0.717, 1.165) is 29.8 Å². The van der Waals surface area contributed by atoms with Gasteiger partial charge in [0, 0.05) is 25.0 Å². The number of anilines is 2. The fraction of sp³-hybridized carbons (Fsp3) is 0.296. The highest BCUT2D eigenvalue weighted by Gasteiger charge is 2.21. The van der Waals surface area contributed by atoms with Crippen molar-refractivity contribution in [3.63, 3.8) is 0 Å². The van der Waals surface area contributed by atoms with E-state index in [-0.39, 0.29) is 12.1 Å². The van der Waals surface area contributed by atoms with Crippen LogP contribution in [0.15, 0.2) is 66.4 Å². The van der Waals surface area contributed by atoms with Crippen LogP contribution in [0.3, 0.4) is 0 Å². The van der Waals surface area contributed by atoms with Crippen LogP contribution in [0.2, 0.25) is 0 Å². The summed E-state index contributed by atoms with van der Waals surface area (Å²) in [5.74, 6) is 0.778. The van der Waals surface area contributed by atoms with E-state index in [2.05, 4.69) is 41.3 Å². The lowest BCUT2D eigenvalue weighted by atomic mass is 10.1. The third-order valence-corrected chi connectivity index (χ3v) is 6.22. The quantitative estimate of drug-likeness (QED) is 0.289. The van der Waals surface area contributed by atoms with E-state index in [1.54, 1.807) is 42.8 Å². The van der Waals surface area contributed by atoms with Crippen LogP contribution in [-0.2, 0) is 18.7 Å². The molecule has 0 spiro atoms. The molecule has 5 aromatic rings. The van der Waals surface area contributed by atoms with Gasteiger partial charge in [-0.3, -0.25) is 4.79 Å². The van der Waals surface area contributed by atoms with Gasteiger partial charge in [-0.15, -0.1) is 6.58 Å². The van der Waals surface area contributed by atoms with Crippen molar-refractivity contribution in [2.45, 2.75) is 32.5 Å². The first-order chi connectivity index (χ1) is 18.2. The Morgan fingerprint density at radius 3 is 2.71 bits per heavy atom. The van der Waals surface area contributed by atoms with Crippen molar-refractivity contribution in [1.82, 2.24) is 38.8 Å². The average Bonchev–Trinajstić information content (AvgIpc) is 3.40. The van der Waals surface area contributed by atoms with E-state index in [1.807, 2.05) is 38.6 Å². The van der Waals surface area contributed by atoms with Gasteiger partial charge in [-0.1, -0.05) is 12.1 Å². The lowest BCUT2D eigenvalue weighted by Gasteiger charge is -2.18. The molecule has 0 bridgehead atoms. The summed E-state index contributed by atoms with van der Waals surface area (Å²) in [5.41, 5.74) is 2.13. The van der Waals surface area contributed by atoms with Gasteiger partial charge in [0.1, 0.15) is 11.0 Å². The van der Waals surface area contributed by atoms with Crippen molar-refractivity contribution in [2.75, 3.05) is 26.0 Å². The number of allylic oxidation sites excluding steroid dienone is 1. The number of aliphatic hydroxyl groups is 1. The second-order valence-electron chi connectivity index (χ2n) is 9.93. The Labute approximate surface area is 219 Å². The molecule has 0 atom stereocenters. The average molecular weight is 514 g/mol. The highest BCUT2D eigenvalue weighted by molar-refractivity contribution is 5.81. The van der Waals surface area contributed by atoms with Crippen molar-refractivity contribution in [2.24, 2.45) is 0 Å². The Morgan fingerprint density at radius 1 is 1.16 bits per heavy atom. The maximum atomic E-state index is 13.2. The van der Waals surface area contributed by atoms with Gasteiger partial charge in [0.25, 0.3) is 5.56 Å².